The average Bonchev–Trinajstić information content (AvgIpc) is 3.28. The molecule has 0 unspecified atom stereocenters. The summed E-state index contributed by atoms with van der Waals surface area (Å²) < 4.78 is 42.1. The third kappa shape index (κ3) is 5.18. The fourth-order valence-electron chi connectivity index (χ4n) is 3.82. The summed E-state index contributed by atoms with van der Waals surface area (Å²) in [6.45, 7) is 7.54. The molecule has 1 amide bonds. The molecule has 2 heterocycles. The minimum atomic E-state index is -3.64. The summed E-state index contributed by atoms with van der Waals surface area (Å²) >= 11 is 0. The van der Waals surface area contributed by atoms with Crippen LogP contribution in [0.4, 0.5) is 4.39 Å². The summed E-state index contributed by atoms with van der Waals surface area (Å²) in [7, 11) is -3.64. The smallest absolute Gasteiger partial charge is 0.276 e. The van der Waals surface area contributed by atoms with E-state index in [1.165, 1.54) is 21.1 Å². The normalized spacial score (nSPS) is 15.5. The summed E-state index contributed by atoms with van der Waals surface area (Å²) in [6, 6.07) is 13.0. The number of halogens is 1. The van der Waals surface area contributed by atoms with Crippen LogP contribution in [0.15, 0.2) is 59.6 Å². The van der Waals surface area contributed by atoms with E-state index in [0.29, 0.717) is 6.54 Å². The van der Waals surface area contributed by atoms with Gasteiger partial charge in [-0.3, -0.25) is 4.79 Å². The molecule has 3 aromatic rings. The first-order chi connectivity index (χ1) is 16.0. The second-order valence-electron chi connectivity index (χ2n) is 9.40. The maximum absolute atomic E-state index is 13.1. The van der Waals surface area contributed by atoms with Crippen molar-refractivity contribution >= 4 is 15.9 Å². The average molecular weight is 486 g/mol. The molecule has 8 nitrogen and oxygen atoms in total. The van der Waals surface area contributed by atoms with Gasteiger partial charge in [-0.25, -0.2) is 17.5 Å². The Balaban J connectivity index is 1.37. The van der Waals surface area contributed by atoms with E-state index in [1.54, 1.807) is 35.4 Å². The van der Waals surface area contributed by atoms with Crippen molar-refractivity contribution in [3.05, 3.63) is 77.4 Å². The molecule has 0 spiro atoms. The molecule has 10 heteroatoms. The Labute approximate surface area is 199 Å². The third-order valence-electron chi connectivity index (χ3n) is 5.90. The summed E-state index contributed by atoms with van der Waals surface area (Å²) in [5.74, 6) is -0.613. The standard InChI is InChI=1S/C24H28FN5O3S/c1-24(2,3)19-6-10-21(11-7-19)34(32,33)30-14-12-28(13-15-30)23(31)22-17-29(27-26-22)16-18-4-8-20(25)9-5-18/h4-11,17H,12-16H2,1-3H3. The first kappa shape index (κ1) is 24.0. The Morgan fingerprint density at radius 1 is 0.971 bits per heavy atom. The number of sulfonamides is 1. The number of piperazine rings is 1. The van der Waals surface area contributed by atoms with Gasteiger partial charge >= 0.3 is 0 Å². The Morgan fingerprint density at radius 3 is 2.18 bits per heavy atom. The summed E-state index contributed by atoms with van der Waals surface area (Å²) in [6.07, 6.45) is 1.55. The highest BCUT2D eigenvalue weighted by Gasteiger charge is 2.31. The largest absolute Gasteiger partial charge is 0.335 e. The molecule has 0 atom stereocenters. The molecule has 0 bridgehead atoms. The minimum Gasteiger partial charge on any atom is -0.335 e. The van der Waals surface area contributed by atoms with Gasteiger partial charge in [-0.2, -0.15) is 4.31 Å². The highest BCUT2D eigenvalue weighted by Crippen LogP contribution is 2.25. The van der Waals surface area contributed by atoms with Crippen LogP contribution in [0, 0.1) is 5.82 Å². The second-order valence-corrected chi connectivity index (χ2v) is 11.3. The number of carbonyl (C=O) groups is 1. The van der Waals surface area contributed by atoms with E-state index in [1.807, 2.05) is 12.1 Å². The van der Waals surface area contributed by atoms with E-state index in [2.05, 4.69) is 31.1 Å². The highest BCUT2D eigenvalue weighted by molar-refractivity contribution is 7.89. The van der Waals surface area contributed by atoms with E-state index in [9.17, 15) is 17.6 Å². The van der Waals surface area contributed by atoms with Gasteiger partial charge in [-0.15, -0.1) is 5.10 Å². The van der Waals surface area contributed by atoms with Crippen LogP contribution in [0.5, 0.6) is 0 Å². The molecule has 0 N–H and O–H groups in total. The lowest BCUT2D eigenvalue weighted by Crippen LogP contribution is -2.50. The summed E-state index contributed by atoms with van der Waals surface area (Å²) in [5, 5.41) is 7.95. The quantitative estimate of drug-likeness (QED) is 0.555. The van der Waals surface area contributed by atoms with E-state index >= 15 is 0 Å². The second kappa shape index (κ2) is 9.27. The molecule has 0 saturated carbocycles. The molecule has 0 aliphatic carbocycles. The van der Waals surface area contributed by atoms with Gasteiger partial charge in [0.15, 0.2) is 5.69 Å². The summed E-state index contributed by atoms with van der Waals surface area (Å²) in [5.41, 5.74) is 2.03. The van der Waals surface area contributed by atoms with Crippen molar-refractivity contribution in [2.45, 2.75) is 37.6 Å². The Morgan fingerprint density at radius 2 is 1.59 bits per heavy atom. The number of rotatable bonds is 5. The van der Waals surface area contributed by atoms with Crippen molar-refractivity contribution in [3.8, 4) is 0 Å². The van der Waals surface area contributed by atoms with Crippen LogP contribution in [0.1, 0.15) is 42.4 Å². The van der Waals surface area contributed by atoms with Crippen molar-refractivity contribution < 1.29 is 17.6 Å². The number of aromatic nitrogens is 3. The molecule has 2 aromatic carbocycles. The van der Waals surface area contributed by atoms with Gasteiger partial charge < -0.3 is 4.90 Å². The van der Waals surface area contributed by atoms with E-state index in [0.717, 1.165) is 11.1 Å². The predicted molar refractivity (Wildman–Crippen MR) is 125 cm³/mol. The molecular weight excluding hydrogens is 457 g/mol. The summed E-state index contributed by atoms with van der Waals surface area (Å²) in [4.78, 5) is 14.7. The lowest BCUT2D eigenvalue weighted by atomic mass is 9.87. The predicted octanol–water partition coefficient (Wildman–Crippen LogP) is 2.91. The number of benzene rings is 2. The molecule has 34 heavy (non-hydrogen) atoms. The Hall–Kier alpha value is -3.11. The van der Waals surface area contributed by atoms with Gasteiger partial charge in [0.1, 0.15) is 5.82 Å². The zero-order valence-electron chi connectivity index (χ0n) is 19.5. The molecule has 1 aromatic heterocycles. The lowest BCUT2D eigenvalue weighted by molar-refractivity contribution is 0.0692. The van der Waals surface area contributed by atoms with E-state index in [4.69, 9.17) is 0 Å². The van der Waals surface area contributed by atoms with Gasteiger partial charge in [0.25, 0.3) is 5.91 Å². The van der Waals surface area contributed by atoms with E-state index in [-0.39, 0.29) is 53.9 Å². The zero-order valence-corrected chi connectivity index (χ0v) is 20.3. The fourth-order valence-corrected chi connectivity index (χ4v) is 5.24. The molecular formula is C24H28FN5O3S. The lowest BCUT2D eigenvalue weighted by Gasteiger charge is -2.33. The van der Waals surface area contributed by atoms with Crippen LogP contribution in [-0.4, -0.2) is 64.7 Å². The van der Waals surface area contributed by atoms with Crippen molar-refractivity contribution in [1.82, 2.24) is 24.2 Å². The molecule has 1 saturated heterocycles. The number of amides is 1. The first-order valence-electron chi connectivity index (χ1n) is 11.1. The SMILES string of the molecule is CC(C)(C)c1ccc(S(=O)(=O)N2CCN(C(=O)c3cn(Cc4ccc(F)cc4)nn3)CC2)cc1. The Kier molecular flexibility index (Phi) is 6.55. The van der Waals surface area contributed by atoms with Crippen LogP contribution in [-0.2, 0) is 22.0 Å². The molecule has 4 rings (SSSR count). The fraction of sp³-hybridized carbons (Fsp3) is 0.375. The maximum atomic E-state index is 13.1. The monoisotopic (exact) mass is 485 g/mol. The van der Waals surface area contributed by atoms with Crippen LogP contribution in [0.2, 0.25) is 0 Å². The van der Waals surface area contributed by atoms with Gasteiger partial charge in [0.05, 0.1) is 17.6 Å². The maximum Gasteiger partial charge on any atom is 0.276 e. The van der Waals surface area contributed by atoms with Crippen molar-refractivity contribution in [2.75, 3.05) is 26.2 Å². The third-order valence-corrected chi connectivity index (χ3v) is 7.81. The number of nitrogens with zero attached hydrogens (tertiary/aromatic N) is 5. The Bertz CT molecular complexity index is 1260. The number of carbonyl (C=O) groups excluding carboxylic acids is 1. The molecule has 1 aliphatic heterocycles. The molecule has 180 valence electrons. The first-order valence-corrected chi connectivity index (χ1v) is 12.5. The zero-order chi connectivity index (χ0) is 24.5. The topological polar surface area (TPSA) is 88.4 Å². The van der Waals surface area contributed by atoms with E-state index < -0.39 is 10.0 Å². The minimum absolute atomic E-state index is 0.0604. The molecule has 1 aliphatic rings. The van der Waals surface area contributed by atoms with Crippen molar-refractivity contribution in [2.24, 2.45) is 0 Å². The van der Waals surface area contributed by atoms with Crippen LogP contribution in [0.25, 0.3) is 0 Å². The van der Waals surface area contributed by atoms with Gasteiger partial charge in [0.2, 0.25) is 10.0 Å². The number of hydrogen-bond acceptors (Lipinski definition) is 5. The van der Waals surface area contributed by atoms with Crippen LogP contribution in [0.3, 0.4) is 0 Å². The van der Waals surface area contributed by atoms with Crippen LogP contribution < -0.4 is 0 Å². The highest BCUT2D eigenvalue weighted by atomic mass is 32.2. The van der Waals surface area contributed by atoms with Crippen molar-refractivity contribution in [3.63, 3.8) is 0 Å². The van der Waals surface area contributed by atoms with Gasteiger partial charge in [-0.1, -0.05) is 50.3 Å². The van der Waals surface area contributed by atoms with Gasteiger partial charge in [-0.05, 0) is 40.8 Å². The van der Waals surface area contributed by atoms with Gasteiger partial charge in [0, 0.05) is 26.2 Å². The number of hydrogen-bond donors (Lipinski definition) is 0. The van der Waals surface area contributed by atoms with Crippen LogP contribution >= 0.6 is 0 Å². The molecule has 0 radical (unpaired) electrons. The molecule has 1 fully saturated rings. The van der Waals surface area contributed by atoms with Crippen molar-refractivity contribution in [1.29, 1.82) is 0 Å².